The molecule has 0 radical (unpaired) electrons. The van der Waals surface area contributed by atoms with Crippen molar-refractivity contribution in [1.82, 2.24) is 4.57 Å². The molecular weight excluding hydrogens is 322 g/mol. The molecule has 0 bridgehead atoms. The molecule has 3 rings (SSSR count). The van der Waals surface area contributed by atoms with E-state index in [4.69, 9.17) is 9.15 Å². The molecule has 108 valence electrons. The zero-order valence-corrected chi connectivity index (χ0v) is 13.1. The van der Waals surface area contributed by atoms with Crippen LogP contribution in [0.25, 0.3) is 11.1 Å². The summed E-state index contributed by atoms with van der Waals surface area (Å²) in [6.07, 6.45) is 1.98. The van der Waals surface area contributed by atoms with Crippen LogP contribution in [0.3, 0.4) is 0 Å². The second kappa shape index (κ2) is 5.74. The predicted octanol–water partition coefficient (Wildman–Crippen LogP) is 3.48. The molecule has 20 heavy (non-hydrogen) atoms. The Morgan fingerprint density at radius 1 is 1.50 bits per heavy atom. The summed E-state index contributed by atoms with van der Waals surface area (Å²) in [5, 5.41) is 0. The van der Waals surface area contributed by atoms with Crippen LogP contribution in [0, 0.1) is 5.92 Å². The van der Waals surface area contributed by atoms with Gasteiger partial charge in [-0.3, -0.25) is 4.57 Å². The third-order valence-electron chi connectivity index (χ3n) is 3.84. The number of rotatable bonds is 4. The molecule has 4 nitrogen and oxygen atoms in total. The molecule has 1 aliphatic rings. The number of hydrogen-bond donors (Lipinski definition) is 0. The Morgan fingerprint density at radius 3 is 3.05 bits per heavy atom. The molecular formula is C15H18BrNO3. The van der Waals surface area contributed by atoms with E-state index in [1.165, 1.54) is 0 Å². The Bertz CT molecular complexity index is 655. The maximum Gasteiger partial charge on any atom is 0.419 e. The number of nitrogens with zero attached hydrogens (tertiary/aromatic N) is 1. The van der Waals surface area contributed by atoms with E-state index < -0.39 is 0 Å². The quantitative estimate of drug-likeness (QED) is 0.801. The molecule has 1 fully saturated rings. The molecule has 2 aromatic rings. The molecule has 1 aromatic heterocycles. The minimum atomic E-state index is -0.269. The van der Waals surface area contributed by atoms with Gasteiger partial charge in [0.05, 0.1) is 12.1 Å². The van der Waals surface area contributed by atoms with Gasteiger partial charge in [0.1, 0.15) is 0 Å². The third kappa shape index (κ3) is 2.44. The number of alkyl halides is 1. The van der Waals surface area contributed by atoms with E-state index in [2.05, 4.69) is 22.0 Å². The van der Waals surface area contributed by atoms with Gasteiger partial charge in [-0.1, -0.05) is 28.9 Å². The van der Waals surface area contributed by atoms with Gasteiger partial charge in [-0.25, -0.2) is 4.79 Å². The lowest BCUT2D eigenvalue weighted by molar-refractivity contribution is 0.185. The molecule has 2 atom stereocenters. The molecule has 1 aliphatic heterocycles. The van der Waals surface area contributed by atoms with E-state index in [0.29, 0.717) is 18.0 Å². The second-order valence-corrected chi connectivity index (χ2v) is 6.26. The predicted molar refractivity (Wildman–Crippen MR) is 81.4 cm³/mol. The standard InChI is InChI=1S/C15H18BrNO3/c1-2-6-17-12-4-3-10(8-13(12)20-15(17)18)14(16)11-5-7-19-9-11/h3-4,8,11,14H,2,5-7,9H2,1H3. The SMILES string of the molecule is CCCn1c(=O)oc2cc(C(Br)C3CCOC3)ccc21. The summed E-state index contributed by atoms with van der Waals surface area (Å²) < 4.78 is 12.5. The number of aromatic nitrogens is 1. The van der Waals surface area contributed by atoms with Crippen molar-refractivity contribution in [3.8, 4) is 0 Å². The van der Waals surface area contributed by atoms with Gasteiger partial charge < -0.3 is 9.15 Å². The summed E-state index contributed by atoms with van der Waals surface area (Å²) in [6.45, 7) is 4.36. The highest BCUT2D eigenvalue weighted by Crippen LogP contribution is 2.36. The number of halogens is 1. The van der Waals surface area contributed by atoms with Gasteiger partial charge in [0.25, 0.3) is 0 Å². The van der Waals surface area contributed by atoms with Crippen molar-refractivity contribution in [1.29, 1.82) is 0 Å². The highest BCUT2D eigenvalue weighted by atomic mass is 79.9. The number of aryl methyl sites for hydroxylation is 1. The zero-order valence-electron chi connectivity index (χ0n) is 11.5. The van der Waals surface area contributed by atoms with Gasteiger partial charge in [-0.15, -0.1) is 0 Å². The maximum absolute atomic E-state index is 11.8. The molecule has 0 aliphatic carbocycles. The zero-order chi connectivity index (χ0) is 14.1. The first-order valence-electron chi connectivity index (χ1n) is 7.06. The molecule has 0 amide bonds. The largest absolute Gasteiger partial charge is 0.419 e. The topological polar surface area (TPSA) is 44.4 Å². The number of benzene rings is 1. The van der Waals surface area contributed by atoms with Crippen LogP contribution in [-0.2, 0) is 11.3 Å². The van der Waals surface area contributed by atoms with Crippen LogP contribution >= 0.6 is 15.9 Å². The molecule has 2 heterocycles. The van der Waals surface area contributed by atoms with Crippen molar-refractivity contribution in [3.05, 3.63) is 34.3 Å². The Morgan fingerprint density at radius 2 is 2.35 bits per heavy atom. The molecule has 0 saturated carbocycles. The van der Waals surface area contributed by atoms with E-state index in [-0.39, 0.29) is 10.6 Å². The van der Waals surface area contributed by atoms with Gasteiger partial charge in [0.15, 0.2) is 5.58 Å². The lowest BCUT2D eigenvalue weighted by Crippen LogP contribution is -2.13. The monoisotopic (exact) mass is 339 g/mol. The highest BCUT2D eigenvalue weighted by molar-refractivity contribution is 9.09. The minimum Gasteiger partial charge on any atom is -0.408 e. The van der Waals surface area contributed by atoms with Crippen LogP contribution < -0.4 is 5.76 Å². The first-order valence-corrected chi connectivity index (χ1v) is 7.97. The van der Waals surface area contributed by atoms with E-state index in [0.717, 1.165) is 37.1 Å². The normalized spacial score (nSPS) is 20.6. The molecule has 2 unspecified atom stereocenters. The molecule has 5 heteroatoms. The van der Waals surface area contributed by atoms with E-state index in [1.54, 1.807) is 4.57 Å². The minimum absolute atomic E-state index is 0.245. The molecule has 0 spiro atoms. The number of oxazole rings is 1. The average Bonchev–Trinajstić information content (AvgIpc) is 3.07. The lowest BCUT2D eigenvalue weighted by Gasteiger charge is -2.16. The summed E-state index contributed by atoms with van der Waals surface area (Å²) in [4.78, 5) is 12.1. The lowest BCUT2D eigenvalue weighted by atomic mass is 9.98. The highest BCUT2D eigenvalue weighted by Gasteiger charge is 2.25. The summed E-state index contributed by atoms with van der Waals surface area (Å²) in [5.74, 6) is 0.214. The van der Waals surface area contributed by atoms with E-state index >= 15 is 0 Å². The fourth-order valence-electron chi connectivity index (χ4n) is 2.75. The summed E-state index contributed by atoms with van der Waals surface area (Å²) in [6, 6.07) is 6.02. The van der Waals surface area contributed by atoms with Crippen LogP contribution in [0.5, 0.6) is 0 Å². The van der Waals surface area contributed by atoms with Crippen molar-refractivity contribution in [2.45, 2.75) is 31.1 Å². The fraction of sp³-hybridized carbons (Fsp3) is 0.533. The van der Waals surface area contributed by atoms with Crippen LogP contribution in [0.2, 0.25) is 0 Å². The van der Waals surface area contributed by atoms with Crippen molar-refractivity contribution in [3.63, 3.8) is 0 Å². The summed E-state index contributed by atoms with van der Waals surface area (Å²) >= 11 is 3.75. The summed E-state index contributed by atoms with van der Waals surface area (Å²) in [7, 11) is 0. The smallest absolute Gasteiger partial charge is 0.408 e. The van der Waals surface area contributed by atoms with Crippen LogP contribution in [0.15, 0.2) is 27.4 Å². The van der Waals surface area contributed by atoms with Crippen LogP contribution in [0.1, 0.15) is 30.2 Å². The molecule has 1 saturated heterocycles. The van der Waals surface area contributed by atoms with Crippen molar-refractivity contribution in [2.24, 2.45) is 5.92 Å². The van der Waals surface area contributed by atoms with Gasteiger partial charge in [-0.2, -0.15) is 0 Å². The fourth-order valence-corrected chi connectivity index (χ4v) is 3.45. The van der Waals surface area contributed by atoms with Crippen molar-refractivity contribution < 1.29 is 9.15 Å². The Balaban J connectivity index is 1.96. The second-order valence-electron chi connectivity index (χ2n) is 5.27. The first-order chi connectivity index (χ1) is 9.70. The summed E-state index contributed by atoms with van der Waals surface area (Å²) in [5.41, 5.74) is 2.69. The van der Waals surface area contributed by atoms with Gasteiger partial charge in [-0.05, 0) is 30.5 Å². The van der Waals surface area contributed by atoms with Crippen molar-refractivity contribution >= 4 is 27.0 Å². The number of ether oxygens (including phenoxy) is 1. The first kappa shape index (κ1) is 13.9. The third-order valence-corrected chi connectivity index (χ3v) is 5.11. The number of fused-ring (bicyclic) bond motifs is 1. The van der Waals surface area contributed by atoms with Crippen LogP contribution in [-0.4, -0.2) is 17.8 Å². The average molecular weight is 340 g/mol. The van der Waals surface area contributed by atoms with E-state index in [1.807, 2.05) is 19.1 Å². The van der Waals surface area contributed by atoms with Crippen LogP contribution in [0.4, 0.5) is 0 Å². The Kier molecular flexibility index (Phi) is 3.98. The number of hydrogen-bond acceptors (Lipinski definition) is 3. The van der Waals surface area contributed by atoms with E-state index in [9.17, 15) is 4.79 Å². The molecule has 1 aromatic carbocycles. The Labute approximate surface area is 125 Å². The van der Waals surface area contributed by atoms with Crippen molar-refractivity contribution in [2.75, 3.05) is 13.2 Å². The Hall–Kier alpha value is -1.07. The van der Waals surface area contributed by atoms with Gasteiger partial charge in [0.2, 0.25) is 0 Å². The van der Waals surface area contributed by atoms with Gasteiger partial charge >= 0.3 is 5.76 Å². The van der Waals surface area contributed by atoms with Gasteiger partial charge in [0, 0.05) is 23.9 Å². The molecule has 0 N–H and O–H groups in total. The maximum atomic E-state index is 11.8.